The molecule has 0 radical (unpaired) electrons. The fraction of sp³-hybridized carbons (Fsp3) is 0.0870. The summed E-state index contributed by atoms with van der Waals surface area (Å²) in [4.78, 5) is 12.7. The number of esters is 1. The number of carbonyl (C=O) groups excluding carboxylic acids is 1. The number of aryl methyl sites for hydroxylation is 1. The molecule has 0 aliphatic heterocycles. The highest BCUT2D eigenvalue weighted by Gasteiger charge is 2.32. The van der Waals surface area contributed by atoms with E-state index in [1.54, 1.807) is 0 Å². The van der Waals surface area contributed by atoms with E-state index in [4.69, 9.17) is 13.8 Å². The predicted molar refractivity (Wildman–Crippen MR) is 115 cm³/mol. The number of methoxy groups -OCH3 is 1. The molecule has 0 amide bonds. The SMILES string of the molecule is COC(=O)c1c(P(Oc2ccccc2)Oc2ccccc2)c2ccccc2n1C. The van der Waals surface area contributed by atoms with Gasteiger partial charge >= 0.3 is 14.3 Å². The number of carbonyl (C=O) groups is 1. The van der Waals surface area contributed by atoms with Crippen LogP contribution in [0.4, 0.5) is 0 Å². The molecule has 0 spiro atoms. The summed E-state index contributed by atoms with van der Waals surface area (Å²) in [6, 6.07) is 26.7. The highest BCUT2D eigenvalue weighted by atomic mass is 31.2. The van der Waals surface area contributed by atoms with Crippen molar-refractivity contribution >= 4 is 30.6 Å². The topological polar surface area (TPSA) is 49.7 Å². The van der Waals surface area contributed by atoms with Gasteiger partial charge in [0.2, 0.25) is 0 Å². The van der Waals surface area contributed by atoms with Crippen LogP contribution in [-0.4, -0.2) is 17.6 Å². The average molecular weight is 405 g/mol. The maximum absolute atomic E-state index is 12.7. The van der Waals surface area contributed by atoms with Crippen molar-refractivity contribution in [3.05, 3.63) is 90.6 Å². The minimum absolute atomic E-state index is 0.423. The Morgan fingerprint density at radius 1 is 0.793 bits per heavy atom. The van der Waals surface area contributed by atoms with Gasteiger partial charge in [0.1, 0.15) is 17.2 Å². The molecule has 5 nitrogen and oxygen atoms in total. The summed E-state index contributed by atoms with van der Waals surface area (Å²) in [5.74, 6) is 0.899. The molecule has 0 unspecified atom stereocenters. The smallest absolute Gasteiger partial charge is 0.355 e. The number of fused-ring (bicyclic) bond motifs is 1. The molecular formula is C23H20NO4P. The monoisotopic (exact) mass is 405 g/mol. The minimum atomic E-state index is -1.67. The molecule has 0 bridgehead atoms. The van der Waals surface area contributed by atoms with Gasteiger partial charge in [-0.05, 0) is 30.3 Å². The van der Waals surface area contributed by atoms with Gasteiger partial charge < -0.3 is 18.4 Å². The van der Waals surface area contributed by atoms with E-state index in [0.717, 1.165) is 10.9 Å². The summed E-state index contributed by atoms with van der Waals surface area (Å²) in [6.45, 7) is 0. The van der Waals surface area contributed by atoms with Crippen LogP contribution in [0.5, 0.6) is 11.5 Å². The second-order valence-corrected chi connectivity index (χ2v) is 7.66. The van der Waals surface area contributed by atoms with Gasteiger partial charge in [-0.3, -0.25) is 0 Å². The zero-order valence-corrected chi connectivity index (χ0v) is 17.0. The molecule has 6 heteroatoms. The molecule has 4 rings (SSSR count). The third kappa shape index (κ3) is 3.82. The van der Waals surface area contributed by atoms with Crippen LogP contribution >= 0.6 is 8.38 Å². The van der Waals surface area contributed by atoms with E-state index in [9.17, 15) is 4.79 Å². The molecule has 1 aromatic heterocycles. The molecule has 146 valence electrons. The normalized spacial score (nSPS) is 10.9. The van der Waals surface area contributed by atoms with Gasteiger partial charge in [0.25, 0.3) is 0 Å². The molecule has 0 saturated heterocycles. The number of para-hydroxylation sites is 3. The van der Waals surface area contributed by atoms with Crippen molar-refractivity contribution < 1.29 is 18.6 Å². The third-order valence-electron chi connectivity index (χ3n) is 4.50. The number of aromatic nitrogens is 1. The van der Waals surface area contributed by atoms with Gasteiger partial charge in [0.05, 0.1) is 12.4 Å². The summed E-state index contributed by atoms with van der Waals surface area (Å²) in [5.41, 5.74) is 1.33. The number of hydrogen-bond acceptors (Lipinski definition) is 4. The molecule has 0 saturated carbocycles. The molecule has 0 aliphatic rings. The van der Waals surface area contributed by atoms with E-state index in [0.29, 0.717) is 22.5 Å². The van der Waals surface area contributed by atoms with Gasteiger partial charge in [-0.15, -0.1) is 0 Å². The molecule has 3 aromatic carbocycles. The first-order chi connectivity index (χ1) is 14.2. The Labute approximate surface area is 170 Å². The van der Waals surface area contributed by atoms with Crippen molar-refractivity contribution in [2.24, 2.45) is 7.05 Å². The van der Waals surface area contributed by atoms with E-state index in [1.807, 2.05) is 96.5 Å². The lowest BCUT2D eigenvalue weighted by Gasteiger charge is -2.19. The minimum Gasteiger partial charge on any atom is -0.464 e. The van der Waals surface area contributed by atoms with Crippen molar-refractivity contribution in [3.8, 4) is 11.5 Å². The van der Waals surface area contributed by atoms with Crippen LogP contribution in [-0.2, 0) is 11.8 Å². The van der Waals surface area contributed by atoms with Gasteiger partial charge in [0.15, 0.2) is 0 Å². The van der Waals surface area contributed by atoms with Crippen LogP contribution in [0.2, 0.25) is 0 Å². The Morgan fingerprint density at radius 3 is 1.86 bits per heavy atom. The number of hydrogen-bond donors (Lipinski definition) is 0. The van der Waals surface area contributed by atoms with Crippen molar-refractivity contribution in [1.82, 2.24) is 4.57 Å². The maximum atomic E-state index is 12.7. The lowest BCUT2D eigenvalue weighted by molar-refractivity contribution is 0.0592. The van der Waals surface area contributed by atoms with E-state index >= 15 is 0 Å². The summed E-state index contributed by atoms with van der Waals surface area (Å²) in [6.07, 6.45) is 0. The maximum Gasteiger partial charge on any atom is 0.355 e. The summed E-state index contributed by atoms with van der Waals surface area (Å²) in [5, 5.41) is 1.59. The van der Waals surface area contributed by atoms with Crippen molar-refractivity contribution in [1.29, 1.82) is 0 Å². The van der Waals surface area contributed by atoms with Crippen LogP contribution in [0.3, 0.4) is 0 Å². The van der Waals surface area contributed by atoms with Crippen LogP contribution in [0.25, 0.3) is 10.9 Å². The zero-order valence-electron chi connectivity index (χ0n) is 16.1. The molecule has 0 aliphatic carbocycles. The average Bonchev–Trinajstić information content (AvgIpc) is 3.07. The summed E-state index contributed by atoms with van der Waals surface area (Å²) in [7, 11) is 1.55. The standard InChI is InChI=1S/C23H20NO4P/c1-24-20-16-10-9-15-19(20)22(21(24)23(25)26-2)29(27-17-11-5-3-6-12-17)28-18-13-7-4-8-14-18/h3-16H,1-2H3. The Morgan fingerprint density at radius 2 is 1.31 bits per heavy atom. The molecular weight excluding hydrogens is 385 g/mol. The van der Waals surface area contributed by atoms with Gasteiger partial charge in [-0.25, -0.2) is 4.79 Å². The molecule has 4 aromatic rings. The molecule has 29 heavy (non-hydrogen) atoms. The molecule has 0 N–H and O–H groups in total. The first-order valence-corrected chi connectivity index (χ1v) is 10.3. The van der Waals surface area contributed by atoms with E-state index in [1.165, 1.54) is 7.11 Å². The highest BCUT2D eigenvalue weighted by Crippen LogP contribution is 2.43. The van der Waals surface area contributed by atoms with Crippen LogP contribution in [0.1, 0.15) is 10.5 Å². The number of benzene rings is 3. The quantitative estimate of drug-likeness (QED) is 0.332. The molecule has 0 atom stereocenters. The van der Waals surface area contributed by atoms with Gasteiger partial charge in [-0.1, -0.05) is 54.6 Å². The zero-order chi connectivity index (χ0) is 20.2. The van der Waals surface area contributed by atoms with Crippen molar-refractivity contribution in [3.63, 3.8) is 0 Å². The largest absolute Gasteiger partial charge is 0.464 e. The van der Waals surface area contributed by atoms with Crippen LogP contribution in [0, 0.1) is 0 Å². The number of ether oxygens (including phenoxy) is 1. The van der Waals surface area contributed by atoms with Crippen molar-refractivity contribution in [2.45, 2.75) is 0 Å². The van der Waals surface area contributed by atoms with Crippen molar-refractivity contribution in [2.75, 3.05) is 7.11 Å². The Hall–Kier alpha value is -3.30. The Kier molecular flexibility index (Phi) is 5.50. The first kappa shape index (κ1) is 19.0. The second-order valence-electron chi connectivity index (χ2n) is 6.33. The predicted octanol–water partition coefficient (Wildman–Crippen LogP) is 5.06. The lowest BCUT2D eigenvalue weighted by atomic mass is 10.2. The fourth-order valence-electron chi connectivity index (χ4n) is 3.15. The molecule has 0 fully saturated rings. The summed E-state index contributed by atoms with van der Waals surface area (Å²) >= 11 is 0. The van der Waals surface area contributed by atoms with E-state index in [-0.39, 0.29) is 0 Å². The number of nitrogens with zero attached hydrogens (tertiary/aromatic N) is 1. The molecule has 1 heterocycles. The number of rotatable bonds is 6. The summed E-state index contributed by atoms with van der Waals surface area (Å²) < 4.78 is 19.5. The Bertz CT molecular complexity index is 1080. The first-order valence-electron chi connectivity index (χ1n) is 9.11. The second kappa shape index (κ2) is 8.38. The lowest BCUT2D eigenvalue weighted by Crippen LogP contribution is -2.20. The van der Waals surface area contributed by atoms with Crippen LogP contribution in [0.15, 0.2) is 84.9 Å². The van der Waals surface area contributed by atoms with Gasteiger partial charge in [-0.2, -0.15) is 0 Å². The third-order valence-corrected chi connectivity index (χ3v) is 6.08. The van der Waals surface area contributed by atoms with E-state index in [2.05, 4.69) is 0 Å². The van der Waals surface area contributed by atoms with E-state index < -0.39 is 14.3 Å². The van der Waals surface area contributed by atoms with Gasteiger partial charge in [0, 0.05) is 18.0 Å². The Balaban J connectivity index is 1.89. The fourth-order valence-corrected chi connectivity index (χ4v) is 4.80. The van der Waals surface area contributed by atoms with Crippen LogP contribution < -0.4 is 14.4 Å². The highest BCUT2D eigenvalue weighted by molar-refractivity contribution is 7.57.